The minimum Gasteiger partial charge on any atom is -0.221 e. The van der Waals surface area contributed by atoms with Gasteiger partial charge in [0, 0.05) is 0 Å². The highest BCUT2D eigenvalue weighted by Gasteiger charge is 2.28. The van der Waals surface area contributed by atoms with Crippen LogP contribution in [0.4, 0.5) is 0 Å². The first kappa shape index (κ1) is 7.98. The first-order valence-corrected chi connectivity index (χ1v) is 3.76. The average molecular weight is 146 g/mol. The minimum absolute atomic E-state index is 0.243. The number of hydrogen-bond acceptors (Lipinski definition) is 3. The topological polar surface area (TPSA) is 38.7 Å². The molecule has 3 heteroatoms. The van der Waals surface area contributed by atoms with Gasteiger partial charge in [-0.3, -0.25) is 0 Å². The zero-order valence-electron chi connectivity index (χ0n) is 6.30. The van der Waals surface area contributed by atoms with E-state index in [1.807, 2.05) is 6.92 Å². The molecule has 3 nitrogen and oxygen atoms in total. The van der Waals surface area contributed by atoms with E-state index in [1.54, 1.807) is 0 Å². The second-order valence-electron chi connectivity index (χ2n) is 3.17. The van der Waals surface area contributed by atoms with Crippen LogP contribution in [0.1, 0.15) is 39.0 Å². The van der Waals surface area contributed by atoms with Crippen LogP contribution in [0.25, 0.3) is 0 Å². The van der Waals surface area contributed by atoms with Gasteiger partial charge in [0.15, 0.2) is 0 Å². The summed E-state index contributed by atoms with van der Waals surface area (Å²) in [6, 6.07) is 0. The lowest BCUT2D eigenvalue weighted by molar-refractivity contribution is -0.526. The maximum atomic E-state index is 8.06. The highest BCUT2D eigenvalue weighted by atomic mass is 17.5. The van der Waals surface area contributed by atoms with Gasteiger partial charge >= 0.3 is 0 Å². The minimum atomic E-state index is -0.243. The van der Waals surface area contributed by atoms with Crippen molar-refractivity contribution in [3.8, 4) is 0 Å². The fourth-order valence-corrected chi connectivity index (χ4v) is 1.47. The molecule has 0 amide bonds. The molecule has 0 aromatic rings. The maximum absolute atomic E-state index is 8.06. The smallest absolute Gasteiger partial charge is 0.104 e. The van der Waals surface area contributed by atoms with Crippen molar-refractivity contribution in [3.05, 3.63) is 0 Å². The molecule has 1 saturated carbocycles. The van der Waals surface area contributed by atoms with Gasteiger partial charge in [-0.1, -0.05) is 24.3 Å². The predicted octanol–water partition coefficient (Wildman–Crippen LogP) is 2.13. The van der Waals surface area contributed by atoms with Gasteiger partial charge in [-0.05, 0) is 19.8 Å². The summed E-state index contributed by atoms with van der Waals surface area (Å²) in [5.74, 6) is 0. The van der Waals surface area contributed by atoms with Gasteiger partial charge in [-0.25, -0.2) is 10.1 Å². The van der Waals surface area contributed by atoms with E-state index in [4.69, 9.17) is 10.1 Å². The molecular formula is C7H14O3. The van der Waals surface area contributed by atoms with Crippen molar-refractivity contribution in [2.75, 3.05) is 0 Å². The Morgan fingerprint density at radius 1 is 1.20 bits per heavy atom. The molecule has 0 radical (unpaired) electrons. The van der Waals surface area contributed by atoms with Crippen molar-refractivity contribution in [2.45, 2.75) is 44.6 Å². The van der Waals surface area contributed by atoms with Crippen molar-refractivity contribution < 1.29 is 15.2 Å². The molecule has 0 unspecified atom stereocenters. The van der Waals surface area contributed by atoms with Gasteiger partial charge in [-0.15, -0.1) is 0 Å². The summed E-state index contributed by atoms with van der Waals surface area (Å²) in [7, 11) is 0. The van der Waals surface area contributed by atoms with E-state index in [0.717, 1.165) is 12.8 Å². The van der Waals surface area contributed by atoms with E-state index in [0.29, 0.717) is 0 Å². The zero-order chi connectivity index (χ0) is 7.45. The summed E-state index contributed by atoms with van der Waals surface area (Å²) in [6.45, 7) is 1.96. The highest BCUT2D eigenvalue weighted by molar-refractivity contribution is 4.77. The van der Waals surface area contributed by atoms with Crippen LogP contribution in [0.15, 0.2) is 0 Å². The molecule has 1 aliphatic rings. The third-order valence-corrected chi connectivity index (χ3v) is 2.15. The second-order valence-corrected chi connectivity index (χ2v) is 3.17. The normalized spacial score (nSPS) is 24.6. The van der Waals surface area contributed by atoms with Gasteiger partial charge in [0.2, 0.25) is 0 Å². The molecule has 0 aliphatic heterocycles. The van der Waals surface area contributed by atoms with Crippen molar-refractivity contribution in [1.29, 1.82) is 0 Å². The average Bonchev–Trinajstić information content (AvgIpc) is 1.89. The molecule has 1 aliphatic carbocycles. The standard InChI is InChI=1S/C7H14O3/c1-7(9-10-8)5-3-2-4-6-7/h8H,2-6H2,1H3. The van der Waals surface area contributed by atoms with E-state index in [-0.39, 0.29) is 5.60 Å². The first-order valence-electron chi connectivity index (χ1n) is 3.76. The quantitative estimate of drug-likeness (QED) is 0.479. The third-order valence-electron chi connectivity index (χ3n) is 2.15. The summed E-state index contributed by atoms with van der Waals surface area (Å²) < 4.78 is 0. The molecule has 0 bridgehead atoms. The Kier molecular flexibility index (Phi) is 2.65. The Bertz CT molecular complexity index is 91.5. The highest BCUT2D eigenvalue weighted by Crippen LogP contribution is 2.30. The Hall–Kier alpha value is -0.120. The molecule has 0 heterocycles. The van der Waals surface area contributed by atoms with E-state index < -0.39 is 0 Å². The van der Waals surface area contributed by atoms with E-state index in [9.17, 15) is 0 Å². The first-order chi connectivity index (χ1) is 4.77. The fraction of sp³-hybridized carbons (Fsp3) is 1.00. The molecule has 0 saturated heterocycles. The summed E-state index contributed by atoms with van der Waals surface area (Å²) in [5, 5.41) is 11.7. The van der Waals surface area contributed by atoms with Gasteiger partial charge in [0.25, 0.3) is 0 Å². The molecule has 10 heavy (non-hydrogen) atoms. The summed E-state index contributed by atoms with van der Waals surface area (Å²) in [6.07, 6.45) is 5.56. The van der Waals surface area contributed by atoms with Crippen molar-refractivity contribution in [1.82, 2.24) is 0 Å². The predicted molar refractivity (Wildman–Crippen MR) is 36.3 cm³/mol. The van der Waals surface area contributed by atoms with Gasteiger partial charge in [0.05, 0.1) is 0 Å². The van der Waals surface area contributed by atoms with E-state index >= 15 is 0 Å². The SMILES string of the molecule is CC1(OOO)CCCCC1. The van der Waals surface area contributed by atoms with Crippen LogP contribution in [0.2, 0.25) is 0 Å². The molecule has 0 atom stereocenters. The summed E-state index contributed by atoms with van der Waals surface area (Å²) in [5.41, 5.74) is -0.243. The molecule has 1 fully saturated rings. The van der Waals surface area contributed by atoms with E-state index in [1.165, 1.54) is 19.3 Å². The molecule has 1 rings (SSSR count). The van der Waals surface area contributed by atoms with E-state index in [2.05, 4.69) is 5.04 Å². The van der Waals surface area contributed by atoms with Crippen LogP contribution in [0.5, 0.6) is 0 Å². The zero-order valence-corrected chi connectivity index (χ0v) is 6.30. The monoisotopic (exact) mass is 146 g/mol. The van der Waals surface area contributed by atoms with Gasteiger partial charge in [-0.2, -0.15) is 0 Å². The van der Waals surface area contributed by atoms with Gasteiger partial charge < -0.3 is 0 Å². The largest absolute Gasteiger partial charge is 0.221 e. The molecule has 0 aromatic heterocycles. The molecule has 0 aromatic carbocycles. The van der Waals surface area contributed by atoms with Crippen molar-refractivity contribution >= 4 is 0 Å². The van der Waals surface area contributed by atoms with Crippen molar-refractivity contribution in [2.24, 2.45) is 0 Å². The second kappa shape index (κ2) is 3.32. The molecular weight excluding hydrogens is 132 g/mol. The van der Waals surface area contributed by atoms with Crippen LogP contribution in [0, 0.1) is 0 Å². The van der Waals surface area contributed by atoms with Gasteiger partial charge in [0.1, 0.15) is 5.60 Å². The van der Waals surface area contributed by atoms with Crippen LogP contribution in [-0.4, -0.2) is 10.9 Å². The molecule has 1 N–H and O–H groups in total. The van der Waals surface area contributed by atoms with Crippen LogP contribution < -0.4 is 0 Å². The molecule has 60 valence electrons. The number of hydrogen-bond donors (Lipinski definition) is 1. The van der Waals surface area contributed by atoms with Crippen molar-refractivity contribution in [3.63, 3.8) is 0 Å². The van der Waals surface area contributed by atoms with Crippen LogP contribution in [0.3, 0.4) is 0 Å². The lowest BCUT2D eigenvalue weighted by Gasteiger charge is -2.29. The Balaban J connectivity index is 2.32. The van der Waals surface area contributed by atoms with Crippen LogP contribution in [-0.2, 0) is 9.93 Å². The Labute approximate surface area is 60.8 Å². The lowest BCUT2D eigenvalue weighted by Crippen LogP contribution is -2.30. The Morgan fingerprint density at radius 2 is 1.80 bits per heavy atom. The van der Waals surface area contributed by atoms with Crippen LogP contribution >= 0.6 is 0 Å². The lowest BCUT2D eigenvalue weighted by atomic mass is 9.87. The maximum Gasteiger partial charge on any atom is 0.104 e. The fourth-order valence-electron chi connectivity index (χ4n) is 1.47. The molecule has 0 spiro atoms. The summed E-state index contributed by atoms with van der Waals surface area (Å²) in [4.78, 5) is 4.73. The third kappa shape index (κ3) is 1.94. The Morgan fingerprint density at radius 3 is 2.30 bits per heavy atom. The summed E-state index contributed by atoms with van der Waals surface area (Å²) >= 11 is 0. The number of rotatable bonds is 2.